The lowest BCUT2D eigenvalue weighted by molar-refractivity contribution is -0.113. The van der Waals surface area contributed by atoms with Crippen LogP contribution in [-0.2, 0) is 21.2 Å². The molecule has 0 unspecified atom stereocenters. The largest absolute Gasteiger partial charge is 0.467 e. The first-order valence-corrected chi connectivity index (χ1v) is 10.8. The van der Waals surface area contributed by atoms with Gasteiger partial charge in [0.05, 0.1) is 17.7 Å². The number of nitrogens with one attached hydrogen (secondary N) is 3. The fourth-order valence-corrected chi connectivity index (χ4v) is 3.75. The highest BCUT2D eigenvalue weighted by Crippen LogP contribution is 2.17. The molecule has 10 heteroatoms. The summed E-state index contributed by atoms with van der Waals surface area (Å²) in [6.07, 6.45) is 1.52. The Balaban J connectivity index is 1.51. The summed E-state index contributed by atoms with van der Waals surface area (Å²) in [7, 11) is -3.79. The molecule has 0 aliphatic rings. The molecule has 156 valence electrons. The van der Waals surface area contributed by atoms with E-state index in [2.05, 4.69) is 16.0 Å². The van der Waals surface area contributed by atoms with Crippen LogP contribution in [0.1, 0.15) is 5.76 Å². The highest BCUT2D eigenvalue weighted by Gasteiger charge is 2.19. The standard InChI is InChI=1S/C20H18ClN3O5S/c21-14-3-9-18(10-4-14)30(27,28)13-19(25)23-15-5-7-16(8-6-15)24-20(26)22-12-17-2-1-11-29-17/h1-11H,12-13H2,(H,23,25)(H2,22,24,26). The van der Waals surface area contributed by atoms with Crippen LogP contribution in [0.25, 0.3) is 0 Å². The molecule has 0 spiro atoms. The van der Waals surface area contributed by atoms with Gasteiger partial charge in [-0.2, -0.15) is 0 Å². The average molecular weight is 448 g/mol. The lowest BCUT2D eigenvalue weighted by Crippen LogP contribution is -2.28. The number of anilines is 2. The maximum Gasteiger partial charge on any atom is 0.319 e. The van der Waals surface area contributed by atoms with Crippen LogP contribution >= 0.6 is 11.6 Å². The molecular formula is C20H18ClN3O5S. The van der Waals surface area contributed by atoms with Gasteiger partial charge in [0.25, 0.3) is 0 Å². The van der Waals surface area contributed by atoms with Crippen molar-refractivity contribution in [2.24, 2.45) is 0 Å². The van der Waals surface area contributed by atoms with Crippen molar-refractivity contribution in [2.75, 3.05) is 16.4 Å². The zero-order chi connectivity index (χ0) is 21.6. The summed E-state index contributed by atoms with van der Waals surface area (Å²) in [6.45, 7) is 0.245. The monoisotopic (exact) mass is 447 g/mol. The van der Waals surface area contributed by atoms with E-state index < -0.39 is 27.5 Å². The number of carbonyl (C=O) groups excluding carboxylic acids is 2. The molecule has 0 saturated carbocycles. The second-order valence-electron chi connectivity index (χ2n) is 6.23. The number of carbonyl (C=O) groups is 2. The molecule has 3 rings (SSSR count). The van der Waals surface area contributed by atoms with Crippen molar-refractivity contribution in [1.29, 1.82) is 0 Å². The third kappa shape index (κ3) is 6.10. The van der Waals surface area contributed by atoms with Crippen molar-refractivity contribution in [3.8, 4) is 0 Å². The van der Waals surface area contributed by atoms with E-state index in [9.17, 15) is 18.0 Å². The molecule has 1 heterocycles. The van der Waals surface area contributed by atoms with Gasteiger partial charge in [-0.25, -0.2) is 13.2 Å². The number of rotatable bonds is 7. The first-order chi connectivity index (χ1) is 14.3. The zero-order valence-electron chi connectivity index (χ0n) is 15.6. The zero-order valence-corrected chi connectivity index (χ0v) is 17.2. The minimum absolute atomic E-state index is 0.0159. The second-order valence-corrected chi connectivity index (χ2v) is 8.65. The summed E-state index contributed by atoms with van der Waals surface area (Å²) in [5, 5.41) is 8.20. The van der Waals surface area contributed by atoms with E-state index in [-0.39, 0.29) is 11.4 Å². The van der Waals surface area contributed by atoms with Gasteiger partial charge in [0.2, 0.25) is 5.91 Å². The van der Waals surface area contributed by atoms with Crippen LogP contribution in [0.3, 0.4) is 0 Å². The van der Waals surface area contributed by atoms with Gasteiger partial charge in [-0.1, -0.05) is 11.6 Å². The molecule has 3 aromatic rings. The first kappa shape index (κ1) is 21.4. The topological polar surface area (TPSA) is 118 Å². The summed E-state index contributed by atoms with van der Waals surface area (Å²) in [6, 6.07) is 14.9. The minimum atomic E-state index is -3.79. The van der Waals surface area contributed by atoms with Gasteiger partial charge in [-0.3, -0.25) is 4.79 Å². The van der Waals surface area contributed by atoms with Gasteiger partial charge >= 0.3 is 6.03 Å². The highest BCUT2D eigenvalue weighted by molar-refractivity contribution is 7.92. The molecule has 2 aromatic carbocycles. The SMILES string of the molecule is O=C(CS(=O)(=O)c1ccc(Cl)cc1)Nc1ccc(NC(=O)NCc2ccco2)cc1. The molecule has 3 amide bonds. The smallest absolute Gasteiger partial charge is 0.319 e. The Bertz CT molecular complexity index is 1110. The average Bonchev–Trinajstić information content (AvgIpc) is 3.21. The van der Waals surface area contributed by atoms with Crippen molar-refractivity contribution < 1.29 is 22.4 Å². The molecule has 0 aliphatic carbocycles. The molecule has 3 N–H and O–H groups in total. The third-order valence-electron chi connectivity index (χ3n) is 3.92. The Morgan fingerprint density at radius 1 is 0.900 bits per heavy atom. The molecule has 8 nitrogen and oxygen atoms in total. The summed E-state index contributed by atoms with van der Waals surface area (Å²) < 4.78 is 29.7. The Labute approximate surface area is 178 Å². The van der Waals surface area contributed by atoms with Crippen molar-refractivity contribution in [1.82, 2.24) is 5.32 Å². The van der Waals surface area contributed by atoms with E-state index >= 15 is 0 Å². The highest BCUT2D eigenvalue weighted by atomic mass is 35.5. The van der Waals surface area contributed by atoms with Crippen LogP contribution in [0.2, 0.25) is 5.02 Å². The molecule has 0 aliphatic heterocycles. The lowest BCUT2D eigenvalue weighted by Gasteiger charge is -2.09. The van der Waals surface area contributed by atoms with E-state index in [1.165, 1.54) is 30.5 Å². The number of sulfone groups is 1. The summed E-state index contributed by atoms with van der Waals surface area (Å²) in [4.78, 5) is 24.0. The fraction of sp³-hybridized carbons (Fsp3) is 0.100. The van der Waals surface area contributed by atoms with Crippen molar-refractivity contribution in [3.63, 3.8) is 0 Å². The number of halogens is 1. The summed E-state index contributed by atoms with van der Waals surface area (Å²) in [5.74, 6) is -0.761. The number of amides is 3. The minimum Gasteiger partial charge on any atom is -0.467 e. The predicted octanol–water partition coefficient (Wildman–Crippen LogP) is 3.67. The number of benzene rings is 2. The number of hydrogen-bond acceptors (Lipinski definition) is 5. The van der Waals surface area contributed by atoms with Gasteiger partial charge in [-0.15, -0.1) is 0 Å². The van der Waals surface area contributed by atoms with Crippen LogP contribution in [0, 0.1) is 0 Å². The van der Waals surface area contributed by atoms with Crippen molar-refractivity contribution in [2.45, 2.75) is 11.4 Å². The molecule has 0 saturated heterocycles. The molecule has 0 radical (unpaired) electrons. The van der Waals surface area contributed by atoms with Crippen molar-refractivity contribution >= 4 is 44.8 Å². The molecule has 30 heavy (non-hydrogen) atoms. The normalized spacial score (nSPS) is 11.0. The van der Waals surface area contributed by atoms with E-state index in [4.69, 9.17) is 16.0 Å². The molecule has 0 atom stereocenters. The Morgan fingerprint density at radius 3 is 2.13 bits per heavy atom. The predicted molar refractivity (Wildman–Crippen MR) is 113 cm³/mol. The Kier molecular flexibility index (Phi) is 6.76. The van der Waals surface area contributed by atoms with Gasteiger partial charge < -0.3 is 20.4 Å². The van der Waals surface area contributed by atoms with E-state index in [0.717, 1.165) is 0 Å². The second kappa shape index (κ2) is 9.47. The van der Waals surface area contributed by atoms with E-state index in [1.54, 1.807) is 36.4 Å². The number of hydrogen-bond donors (Lipinski definition) is 3. The lowest BCUT2D eigenvalue weighted by atomic mass is 10.3. The van der Waals surface area contributed by atoms with E-state index in [0.29, 0.717) is 22.2 Å². The number of furan rings is 1. The van der Waals surface area contributed by atoms with Crippen LogP contribution in [0.4, 0.5) is 16.2 Å². The third-order valence-corrected chi connectivity index (χ3v) is 5.81. The Morgan fingerprint density at radius 2 is 1.53 bits per heavy atom. The fourth-order valence-electron chi connectivity index (χ4n) is 2.49. The van der Waals surface area contributed by atoms with Crippen LogP contribution in [0.5, 0.6) is 0 Å². The first-order valence-electron chi connectivity index (χ1n) is 8.77. The molecule has 1 aromatic heterocycles. The van der Waals surface area contributed by atoms with Crippen LogP contribution in [0.15, 0.2) is 76.2 Å². The van der Waals surface area contributed by atoms with Gasteiger partial charge in [0.1, 0.15) is 11.5 Å². The number of urea groups is 1. The maximum absolute atomic E-state index is 12.3. The maximum atomic E-state index is 12.3. The van der Waals surface area contributed by atoms with E-state index in [1.807, 2.05) is 0 Å². The molecular weight excluding hydrogens is 430 g/mol. The van der Waals surface area contributed by atoms with Crippen LogP contribution in [-0.4, -0.2) is 26.1 Å². The van der Waals surface area contributed by atoms with Gasteiger partial charge in [0, 0.05) is 16.4 Å². The van der Waals surface area contributed by atoms with Crippen molar-refractivity contribution in [3.05, 3.63) is 77.7 Å². The molecule has 0 bridgehead atoms. The quantitative estimate of drug-likeness (QED) is 0.510. The summed E-state index contributed by atoms with van der Waals surface area (Å²) >= 11 is 5.75. The van der Waals surface area contributed by atoms with Gasteiger partial charge in [0.15, 0.2) is 9.84 Å². The summed E-state index contributed by atoms with van der Waals surface area (Å²) in [5.41, 5.74) is 0.895. The van der Waals surface area contributed by atoms with Crippen LogP contribution < -0.4 is 16.0 Å². The van der Waals surface area contributed by atoms with Gasteiger partial charge in [-0.05, 0) is 60.7 Å². The molecule has 0 fully saturated rings. The Hall–Kier alpha value is -3.30.